The Morgan fingerprint density at radius 1 is 1.03 bits per heavy atom. The zero-order valence-corrected chi connectivity index (χ0v) is 16.7. The molecule has 1 aliphatic rings. The summed E-state index contributed by atoms with van der Waals surface area (Å²) < 4.78 is 80.5. The van der Waals surface area contributed by atoms with Crippen molar-refractivity contribution >= 4 is 34.8 Å². The molecule has 1 aromatic heterocycles. The lowest BCUT2D eigenvalue weighted by atomic mass is 9.69. The molecular weight excluding hydrogens is 479 g/mol. The topological polar surface area (TPSA) is 52.5 Å². The number of nitrogens with zero attached hydrogens (tertiary/aromatic N) is 2. The van der Waals surface area contributed by atoms with Crippen molar-refractivity contribution in [3.05, 3.63) is 73.5 Å². The van der Waals surface area contributed by atoms with Gasteiger partial charge in [-0.05, 0) is 30.7 Å². The van der Waals surface area contributed by atoms with Crippen LogP contribution in [0.2, 0.25) is 10.0 Å². The molecule has 3 nitrogen and oxygen atoms in total. The number of allylic oxidation sites excluding steroid dienone is 4. The molecule has 0 spiro atoms. The van der Waals surface area contributed by atoms with Crippen LogP contribution in [0.1, 0.15) is 23.2 Å². The van der Waals surface area contributed by atoms with Gasteiger partial charge >= 0.3 is 12.4 Å². The van der Waals surface area contributed by atoms with Crippen LogP contribution in [-0.4, -0.2) is 16.4 Å². The predicted octanol–water partition coefficient (Wildman–Crippen LogP) is 6.93. The lowest BCUT2D eigenvalue weighted by Crippen LogP contribution is -2.34. The second kappa shape index (κ2) is 7.52. The van der Waals surface area contributed by atoms with E-state index in [0.717, 1.165) is 6.08 Å². The first-order valence-corrected chi connectivity index (χ1v) is 9.10. The van der Waals surface area contributed by atoms with Gasteiger partial charge < -0.3 is 0 Å². The Bertz CT molecular complexity index is 1070. The van der Waals surface area contributed by atoms with E-state index in [1.54, 1.807) is 0 Å². The van der Waals surface area contributed by atoms with Crippen LogP contribution >= 0.6 is 34.8 Å². The van der Waals surface area contributed by atoms with E-state index in [1.165, 1.54) is 18.3 Å². The molecule has 0 bridgehead atoms. The second-order valence-corrected chi connectivity index (χ2v) is 7.61. The van der Waals surface area contributed by atoms with E-state index in [4.69, 9.17) is 34.8 Å². The Kier molecular flexibility index (Phi) is 5.65. The van der Waals surface area contributed by atoms with Crippen molar-refractivity contribution in [2.75, 3.05) is 0 Å². The maximum atomic E-state index is 13.7. The quantitative estimate of drug-likeness (QED) is 0.468. The largest absolute Gasteiger partial charge is 0.416 e. The fourth-order valence-electron chi connectivity index (χ4n) is 3.35. The molecule has 0 saturated carbocycles. The predicted molar refractivity (Wildman–Crippen MR) is 98.1 cm³/mol. The van der Waals surface area contributed by atoms with Crippen molar-refractivity contribution < 1.29 is 26.3 Å². The Labute approximate surface area is 180 Å². The molecule has 1 atom stereocenters. The molecule has 0 saturated heterocycles. The van der Waals surface area contributed by atoms with Gasteiger partial charge in [-0.15, -0.1) is 0 Å². The van der Waals surface area contributed by atoms with E-state index in [2.05, 4.69) is 10.2 Å². The summed E-state index contributed by atoms with van der Waals surface area (Å²) >= 11 is 18.2. The van der Waals surface area contributed by atoms with E-state index in [1.807, 2.05) is 0 Å². The van der Waals surface area contributed by atoms with Gasteiger partial charge in [0.2, 0.25) is 0 Å². The van der Waals surface area contributed by atoms with E-state index >= 15 is 0 Å². The van der Waals surface area contributed by atoms with Crippen LogP contribution in [0, 0.1) is 11.3 Å². The third-order valence-corrected chi connectivity index (χ3v) is 5.51. The molecule has 2 aromatic rings. The van der Waals surface area contributed by atoms with Crippen LogP contribution < -0.4 is 0 Å². The molecule has 158 valence electrons. The fraction of sp³-hybridized carbons (Fsp3) is 0.222. The van der Waals surface area contributed by atoms with Crippen LogP contribution in [-0.2, 0) is 11.6 Å². The molecular formula is C18H8Cl3F6N3. The Morgan fingerprint density at radius 2 is 1.63 bits per heavy atom. The molecule has 0 radical (unpaired) electrons. The van der Waals surface area contributed by atoms with Crippen molar-refractivity contribution in [2.45, 2.75) is 24.2 Å². The van der Waals surface area contributed by atoms with E-state index in [-0.39, 0.29) is 11.3 Å². The lowest BCUT2D eigenvalue weighted by Gasteiger charge is -2.37. The molecule has 1 unspecified atom stereocenters. The molecule has 0 fully saturated rings. The Balaban J connectivity index is 2.36. The highest BCUT2D eigenvalue weighted by Crippen LogP contribution is 2.53. The summed E-state index contributed by atoms with van der Waals surface area (Å²) in [6, 6.07) is 3.88. The average molecular weight is 487 g/mol. The number of nitriles is 1. The minimum Gasteiger partial charge on any atom is -0.281 e. The molecule has 1 aromatic carbocycles. The van der Waals surface area contributed by atoms with E-state index < -0.39 is 56.0 Å². The zero-order chi connectivity index (χ0) is 22.5. The van der Waals surface area contributed by atoms with Crippen molar-refractivity contribution in [1.29, 1.82) is 5.26 Å². The van der Waals surface area contributed by atoms with Gasteiger partial charge in [0.15, 0.2) is 0 Å². The van der Waals surface area contributed by atoms with Gasteiger partial charge in [0.05, 0.1) is 32.9 Å². The van der Waals surface area contributed by atoms with Gasteiger partial charge in [-0.25, -0.2) is 0 Å². The highest BCUT2D eigenvalue weighted by Gasteiger charge is 2.49. The van der Waals surface area contributed by atoms with E-state index in [9.17, 15) is 31.6 Å². The Hall–Kier alpha value is -2.15. The number of nitrogens with one attached hydrogen (secondary N) is 1. The highest BCUT2D eigenvalue weighted by atomic mass is 35.5. The number of halogens is 9. The van der Waals surface area contributed by atoms with Crippen molar-refractivity contribution in [2.24, 2.45) is 0 Å². The van der Waals surface area contributed by atoms with Gasteiger partial charge in [-0.3, -0.25) is 5.10 Å². The summed E-state index contributed by atoms with van der Waals surface area (Å²) in [5.74, 6) is 0. The van der Waals surface area contributed by atoms with Crippen LogP contribution in [0.3, 0.4) is 0 Å². The summed E-state index contributed by atoms with van der Waals surface area (Å²) in [6.07, 6.45) is -8.27. The first-order chi connectivity index (χ1) is 13.8. The van der Waals surface area contributed by atoms with Gasteiger partial charge in [-0.1, -0.05) is 34.8 Å². The van der Waals surface area contributed by atoms with Crippen molar-refractivity contribution in [3.8, 4) is 6.07 Å². The second-order valence-electron chi connectivity index (χ2n) is 6.39. The van der Waals surface area contributed by atoms with Crippen LogP contribution in [0.4, 0.5) is 26.3 Å². The molecule has 12 heteroatoms. The minimum atomic E-state index is -4.95. The number of aromatic amines is 1. The number of benzene rings is 1. The van der Waals surface area contributed by atoms with Gasteiger partial charge in [0, 0.05) is 21.8 Å². The van der Waals surface area contributed by atoms with Gasteiger partial charge in [0.1, 0.15) is 6.07 Å². The zero-order valence-electron chi connectivity index (χ0n) is 14.4. The minimum absolute atomic E-state index is 0.0444. The molecule has 1 heterocycles. The van der Waals surface area contributed by atoms with Crippen LogP contribution in [0.5, 0.6) is 0 Å². The summed E-state index contributed by atoms with van der Waals surface area (Å²) in [4.78, 5) is 0. The molecule has 3 rings (SSSR count). The van der Waals surface area contributed by atoms with Crippen molar-refractivity contribution in [3.63, 3.8) is 0 Å². The number of hydrogen-bond acceptors (Lipinski definition) is 2. The summed E-state index contributed by atoms with van der Waals surface area (Å²) in [5.41, 5.74) is -5.27. The highest BCUT2D eigenvalue weighted by molar-refractivity contribution is 6.37. The monoisotopic (exact) mass is 485 g/mol. The lowest BCUT2D eigenvalue weighted by molar-refractivity contribution is -0.137. The van der Waals surface area contributed by atoms with E-state index in [0.29, 0.717) is 12.1 Å². The third-order valence-electron chi connectivity index (χ3n) is 4.62. The van der Waals surface area contributed by atoms with Crippen molar-refractivity contribution in [1.82, 2.24) is 10.2 Å². The fourth-order valence-corrected chi connectivity index (χ4v) is 4.52. The first-order valence-electron chi connectivity index (χ1n) is 7.97. The third kappa shape index (κ3) is 3.80. The SMILES string of the molecule is N#CC1=C(C(F)(F)F)CC(c2ccn[nH]2)(c2c(Cl)cc(C(F)(F)F)cc2Cl)C=C1Cl. The van der Waals surface area contributed by atoms with Crippen LogP contribution in [0.15, 0.2) is 46.7 Å². The standard InChI is InChI=1S/C18H8Cl3F6N3/c19-11-3-8(17(22,23)24)4-12(20)15(11)16(14-1-2-29-30-14)5-10(18(25,26)27)9(7-28)13(21)6-16/h1-4,6H,5H2,(H,29,30). The molecule has 1 aliphatic carbocycles. The molecule has 30 heavy (non-hydrogen) atoms. The number of aromatic nitrogens is 2. The molecule has 0 amide bonds. The number of H-pyrrole nitrogens is 1. The summed E-state index contributed by atoms with van der Waals surface area (Å²) in [7, 11) is 0. The molecule has 1 N–H and O–H groups in total. The summed E-state index contributed by atoms with van der Waals surface area (Å²) in [6.45, 7) is 0. The number of alkyl halides is 6. The Morgan fingerprint density at radius 3 is 2.07 bits per heavy atom. The number of rotatable bonds is 2. The van der Waals surface area contributed by atoms with Crippen LogP contribution in [0.25, 0.3) is 0 Å². The average Bonchev–Trinajstić information content (AvgIpc) is 3.14. The molecule has 0 aliphatic heterocycles. The maximum absolute atomic E-state index is 13.7. The first kappa shape index (κ1) is 22.5. The summed E-state index contributed by atoms with van der Waals surface area (Å²) in [5, 5.41) is 13.8. The smallest absolute Gasteiger partial charge is 0.281 e. The normalized spacial score (nSPS) is 20.2. The number of hydrogen-bond donors (Lipinski definition) is 1. The maximum Gasteiger partial charge on any atom is 0.416 e. The van der Waals surface area contributed by atoms with Gasteiger partial charge in [-0.2, -0.15) is 36.7 Å². The van der Waals surface area contributed by atoms with Gasteiger partial charge in [0.25, 0.3) is 0 Å².